The van der Waals surface area contributed by atoms with E-state index in [4.69, 9.17) is 14.2 Å². The number of carbonyl (C=O) groups is 1. The zero-order valence-corrected chi connectivity index (χ0v) is 13.6. The highest BCUT2D eigenvalue weighted by molar-refractivity contribution is 6.99. The number of nitrogens with zero attached hydrogens (tertiary/aromatic N) is 3. The first kappa shape index (κ1) is 14.9. The molecule has 4 rings (SSSR count). The van der Waals surface area contributed by atoms with Gasteiger partial charge >= 0.3 is 0 Å². The molecule has 0 N–H and O–H groups in total. The first-order valence-electron chi connectivity index (χ1n) is 7.59. The van der Waals surface area contributed by atoms with Crippen LogP contribution in [0.3, 0.4) is 0 Å². The van der Waals surface area contributed by atoms with Crippen molar-refractivity contribution in [1.82, 2.24) is 13.6 Å². The number of fused-ring (bicyclic) bond motifs is 1. The third-order valence-electron chi connectivity index (χ3n) is 3.90. The number of carbonyl (C=O) groups excluding carboxylic acids is 1. The first-order chi connectivity index (χ1) is 11.8. The molecule has 1 aromatic carbocycles. The standard InChI is InChI=1S/C16H15N3O4S/c20-16(4-2-11-1-3-13-14(7-11)22-10-21-13)19-6-5-12(9-19)23-15-8-17-24-18-15/h1-4,7-8,12H,5-6,9-10H2. The van der Waals surface area contributed by atoms with E-state index < -0.39 is 0 Å². The Bertz CT molecular complexity index is 763. The number of hydrogen-bond donors (Lipinski definition) is 0. The van der Waals surface area contributed by atoms with Gasteiger partial charge in [0, 0.05) is 19.0 Å². The molecule has 8 heteroatoms. The maximum atomic E-state index is 12.3. The zero-order chi connectivity index (χ0) is 16.4. The summed E-state index contributed by atoms with van der Waals surface area (Å²) in [4.78, 5) is 14.1. The minimum Gasteiger partial charge on any atom is -0.471 e. The Kier molecular flexibility index (Phi) is 4.04. The highest BCUT2D eigenvalue weighted by atomic mass is 32.1. The summed E-state index contributed by atoms with van der Waals surface area (Å²) in [7, 11) is 0. The smallest absolute Gasteiger partial charge is 0.246 e. The van der Waals surface area contributed by atoms with Crippen LogP contribution in [-0.2, 0) is 4.79 Å². The Morgan fingerprint density at radius 3 is 3.17 bits per heavy atom. The molecule has 1 aromatic heterocycles. The summed E-state index contributed by atoms with van der Waals surface area (Å²) >= 11 is 1.11. The number of hydrogen-bond acceptors (Lipinski definition) is 7. The summed E-state index contributed by atoms with van der Waals surface area (Å²) in [6.45, 7) is 1.47. The van der Waals surface area contributed by atoms with Gasteiger partial charge in [-0.2, -0.15) is 4.37 Å². The highest BCUT2D eigenvalue weighted by Crippen LogP contribution is 2.32. The van der Waals surface area contributed by atoms with Crippen LogP contribution in [0.4, 0.5) is 0 Å². The van der Waals surface area contributed by atoms with E-state index in [1.165, 1.54) is 0 Å². The summed E-state index contributed by atoms with van der Waals surface area (Å²) in [5, 5.41) is 0. The average molecular weight is 345 g/mol. The van der Waals surface area contributed by atoms with E-state index in [1.54, 1.807) is 23.2 Å². The van der Waals surface area contributed by atoms with Crippen LogP contribution in [0.2, 0.25) is 0 Å². The van der Waals surface area contributed by atoms with Gasteiger partial charge in [0.15, 0.2) is 11.5 Å². The predicted octanol–water partition coefficient (Wildman–Crippen LogP) is 1.96. The van der Waals surface area contributed by atoms with Crippen LogP contribution in [0.25, 0.3) is 6.08 Å². The van der Waals surface area contributed by atoms with Crippen LogP contribution in [0.15, 0.2) is 30.5 Å². The number of aromatic nitrogens is 2. The van der Waals surface area contributed by atoms with E-state index >= 15 is 0 Å². The molecule has 1 unspecified atom stereocenters. The Morgan fingerprint density at radius 2 is 2.29 bits per heavy atom. The number of amides is 1. The van der Waals surface area contributed by atoms with E-state index in [0.29, 0.717) is 24.7 Å². The fraction of sp³-hybridized carbons (Fsp3) is 0.312. The van der Waals surface area contributed by atoms with Gasteiger partial charge in [-0.05, 0) is 23.8 Å². The van der Waals surface area contributed by atoms with Crippen molar-refractivity contribution in [3.8, 4) is 17.4 Å². The van der Waals surface area contributed by atoms with E-state index in [1.807, 2.05) is 18.2 Å². The predicted molar refractivity (Wildman–Crippen MR) is 87.1 cm³/mol. The highest BCUT2D eigenvalue weighted by Gasteiger charge is 2.27. The first-order valence-corrected chi connectivity index (χ1v) is 8.32. The van der Waals surface area contributed by atoms with Crippen LogP contribution >= 0.6 is 11.7 Å². The molecule has 1 amide bonds. The second-order valence-electron chi connectivity index (χ2n) is 5.50. The molecule has 0 aliphatic carbocycles. The molecular weight excluding hydrogens is 330 g/mol. The monoisotopic (exact) mass is 345 g/mol. The number of rotatable bonds is 4. The second kappa shape index (κ2) is 6.48. The topological polar surface area (TPSA) is 73.8 Å². The molecule has 0 bridgehead atoms. The van der Waals surface area contributed by atoms with E-state index in [0.717, 1.165) is 29.5 Å². The van der Waals surface area contributed by atoms with Crippen LogP contribution in [-0.4, -0.2) is 45.5 Å². The maximum Gasteiger partial charge on any atom is 0.246 e. The van der Waals surface area contributed by atoms with Crippen molar-refractivity contribution < 1.29 is 19.0 Å². The Labute approximate surface area is 142 Å². The minimum absolute atomic E-state index is 0.0307. The lowest BCUT2D eigenvalue weighted by molar-refractivity contribution is -0.125. The molecule has 7 nitrogen and oxygen atoms in total. The van der Waals surface area contributed by atoms with Crippen LogP contribution in [0.5, 0.6) is 17.4 Å². The molecule has 124 valence electrons. The fourth-order valence-electron chi connectivity index (χ4n) is 2.69. The third-order valence-corrected chi connectivity index (χ3v) is 4.36. The van der Waals surface area contributed by atoms with Crippen molar-refractivity contribution in [3.05, 3.63) is 36.0 Å². The summed E-state index contributed by atoms with van der Waals surface area (Å²) in [6, 6.07) is 5.59. The van der Waals surface area contributed by atoms with Gasteiger partial charge in [-0.15, -0.1) is 4.37 Å². The summed E-state index contributed by atoms with van der Waals surface area (Å²) in [6.07, 6.45) is 5.71. The second-order valence-corrected chi connectivity index (χ2v) is 6.06. The normalized spacial score (nSPS) is 19.2. The van der Waals surface area contributed by atoms with Crippen molar-refractivity contribution in [2.45, 2.75) is 12.5 Å². The average Bonchev–Trinajstić information content (AvgIpc) is 3.34. The van der Waals surface area contributed by atoms with Crippen molar-refractivity contribution in [2.24, 2.45) is 0 Å². The molecule has 0 spiro atoms. The van der Waals surface area contributed by atoms with E-state index in [2.05, 4.69) is 8.75 Å². The van der Waals surface area contributed by atoms with Crippen molar-refractivity contribution in [1.29, 1.82) is 0 Å². The molecule has 1 atom stereocenters. The molecular formula is C16H15N3O4S. The fourth-order valence-corrected chi connectivity index (χ4v) is 3.05. The number of benzene rings is 1. The lowest BCUT2D eigenvalue weighted by Crippen LogP contribution is -2.29. The third kappa shape index (κ3) is 3.18. The van der Waals surface area contributed by atoms with Crippen LogP contribution in [0, 0.1) is 0 Å². The van der Waals surface area contributed by atoms with Crippen molar-refractivity contribution in [3.63, 3.8) is 0 Å². The number of likely N-dealkylation sites (tertiary alicyclic amines) is 1. The molecule has 24 heavy (non-hydrogen) atoms. The molecule has 1 saturated heterocycles. The van der Waals surface area contributed by atoms with Gasteiger partial charge < -0.3 is 19.1 Å². The summed E-state index contributed by atoms with van der Waals surface area (Å²) < 4.78 is 24.2. The van der Waals surface area contributed by atoms with Gasteiger partial charge in [0.1, 0.15) is 12.3 Å². The minimum atomic E-state index is -0.0323. The lowest BCUT2D eigenvalue weighted by atomic mass is 10.2. The molecule has 0 radical (unpaired) electrons. The van der Waals surface area contributed by atoms with Gasteiger partial charge in [0.2, 0.25) is 18.6 Å². The summed E-state index contributed by atoms with van der Waals surface area (Å²) in [5.41, 5.74) is 0.896. The number of ether oxygens (including phenoxy) is 3. The SMILES string of the molecule is O=C(C=Cc1ccc2c(c1)OCO2)N1CCC(Oc2cnsn2)C1. The van der Waals surface area contributed by atoms with Gasteiger partial charge in [-0.25, -0.2) is 0 Å². The van der Waals surface area contributed by atoms with Gasteiger partial charge in [-0.1, -0.05) is 6.07 Å². The maximum absolute atomic E-state index is 12.3. The van der Waals surface area contributed by atoms with E-state index in [9.17, 15) is 4.79 Å². The molecule has 2 aliphatic heterocycles. The van der Waals surface area contributed by atoms with Crippen LogP contribution < -0.4 is 14.2 Å². The largest absolute Gasteiger partial charge is 0.471 e. The molecule has 1 fully saturated rings. The van der Waals surface area contributed by atoms with Crippen LogP contribution in [0.1, 0.15) is 12.0 Å². The van der Waals surface area contributed by atoms with Crippen molar-refractivity contribution in [2.75, 3.05) is 19.9 Å². The van der Waals surface area contributed by atoms with E-state index in [-0.39, 0.29) is 18.8 Å². The lowest BCUT2D eigenvalue weighted by Gasteiger charge is -2.14. The Morgan fingerprint density at radius 1 is 1.38 bits per heavy atom. The van der Waals surface area contributed by atoms with Gasteiger partial charge in [0.25, 0.3) is 0 Å². The molecule has 3 heterocycles. The van der Waals surface area contributed by atoms with Crippen molar-refractivity contribution >= 4 is 23.7 Å². The van der Waals surface area contributed by atoms with Gasteiger partial charge in [0.05, 0.1) is 18.3 Å². The molecule has 2 aromatic rings. The zero-order valence-electron chi connectivity index (χ0n) is 12.8. The summed E-state index contributed by atoms with van der Waals surface area (Å²) in [5.74, 6) is 1.93. The quantitative estimate of drug-likeness (QED) is 0.789. The Hall–Kier alpha value is -2.61. The Balaban J connectivity index is 1.34. The van der Waals surface area contributed by atoms with Gasteiger partial charge in [-0.3, -0.25) is 4.79 Å². The molecule has 2 aliphatic rings. The molecule has 0 saturated carbocycles.